The van der Waals surface area contributed by atoms with Crippen LogP contribution in [0.2, 0.25) is 0 Å². The molecule has 0 saturated heterocycles. The van der Waals surface area contributed by atoms with Gasteiger partial charge in [-0.1, -0.05) is 26.8 Å². The Morgan fingerprint density at radius 1 is 0.962 bits per heavy atom. The number of hydrogen-bond acceptors (Lipinski definition) is 4. The van der Waals surface area contributed by atoms with Crippen LogP contribution in [0, 0.1) is 12.3 Å². The highest BCUT2D eigenvalue weighted by Gasteiger charge is 2.23. The summed E-state index contributed by atoms with van der Waals surface area (Å²) in [5.41, 5.74) is 1.46. The molecule has 1 aromatic carbocycles. The van der Waals surface area contributed by atoms with Gasteiger partial charge in [-0.05, 0) is 36.8 Å². The van der Waals surface area contributed by atoms with Crippen LogP contribution in [0.25, 0.3) is 0 Å². The average molecular weight is 373 g/mol. The summed E-state index contributed by atoms with van der Waals surface area (Å²) in [6.45, 7) is 8.75. The van der Waals surface area contributed by atoms with Crippen LogP contribution in [0.3, 0.4) is 0 Å². The third-order valence-corrected chi connectivity index (χ3v) is 4.63. The van der Waals surface area contributed by atoms with Gasteiger partial charge in [0.15, 0.2) is 0 Å². The first kappa shape index (κ1) is 19.7. The molecular formula is C19H23N3O3S. The number of carbonyl (C=O) groups is 3. The number of rotatable bonds is 4. The number of nitrogens with one attached hydrogen (secondary N) is 3. The normalized spacial score (nSPS) is 11.0. The molecule has 0 unspecified atom stereocenters. The van der Waals surface area contributed by atoms with Gasteiger partial charge in [-0.25, -0.2) is 0 Å². The lowest BCUT2D eigenvalue weighted by Crippen LogP contribution is -2.27. The average Bonchev–Trinajstić information content (AvgIpc) is 2.86. The van der Waals surface area contributed by atoms with Crippen molar-refractivity contribution in [1.82, 2.24) is 0 Å². The summed E-state index contributed by atoms with van der Waals surface area (Å²) in [6, 6.07) is 8.71. The van der Waals surface area contributed by atoms with Crippen molar-refractivity contribution in [3.63, 3.8) is 0 Å². The minimum Gasteiger partial charge on any atom is -0.326 e. The highest BCUT2D eigenvalue weighted by atomic mass is 32.1. The zero-order chi connectivity index (χ0) is 19.5. The van der Waals surface area contributed by atoms with Crippen LogP contribution < -0.4 is 16.0 Å². The fourth-order valence-electron chi connectivity index (χ4n) is 2.13. The summed E-state index contributed by atoms with van der Waals surface area (Å²) in [5.74, 6) is -0.542. The van der Waals surface area contributed by atoms with E-state index in [9.17, 15) is 14.4 Å². The van der Waals surface area contributed by atoms with E-state index in [0.29, 0.717) is 21.3 Å². The van der Waals surface area contributed by atoms with E-state index in [4.69, 9.17) is 0 Å². The van der Waals surface area contributed by atoms with Gasteiger partial charge < -0.3 is 16.0 Å². The molecule has 0 saturated carbocycles. The predicted octanol–water partition coefficient (Wildman–Crippen LogP) is 4.25. The lowest BCUT2D eigenvalue weighted by molar-refractivity contribution is -0.123. The Morgan fingerprint density at radius 3 is 2.15 bits per heavy atom. The van der Waals surface area contributed by atoms with Gasteiger partial charge in [0.05, 0.1) is 9.88 Å². The number of amides is 3. The molecule has 1 aromatic heterocycles. The third-order valence-electron chi connectivity index (χ3n) is 3.48. The second-order valence-corrected chi connectivity index (χ2v) is 8.10. The first-order valence-corrected chi connectivity index (χ1v) is 8.99. The van der Waals surface area contributed by atoms with E-state index < -0.39 is 5.41 Å². The number of aryl methyl sites for hydroxylation is 1. The van der Waals surface area contributed by atoms with Gasteiger partial charge in [-0.3, -0.25) is 14.4 Å². The molecule has 138 valence electrons. The third kappa shape index (κ3) is 5.16. The lowest BCUT2D eigenvalue weighted by atomic mass is 9.96. The summed E-state index contributed by atoms with van der Waals surface area (Å²) >= 11 is 1.23. The quantitative estimate of drug-likeness (QED) is 0.748. The second kappa shape index (κ2) is 7.70. The van der Waals surface area contributed by atoms with E-state index in [1.54, 1.807) is 30.3 Å². The second-order valence-electron chi connectivity index (χ2n) is 7.04. The molecule has 0 radical (unpaired) electrons. The van der Waals surface area contributed by atoms with E-state index >= 15 is 0 Å². The Labute approximate surface area is 157 Å². The van der Waals surface area contributed by atoms with E-state index in [2.05, 4.69) is 16.0 Å². The van der Waals surface area contributed by atoms with Crippen LogP contribution in [0.1, 0.15) is 42.9 Å². The zero-order valence-corrected chi connectivity index (χ0v) is 16.3. The van der Waals surface area contributed by atoms with Crippen LogP contribution in [-0.2, 0) is 9.59 Å². The minimum atomic E-state index is -0.509. The Kier molecular flexibility index (Phi) is 5.82. The van der Waals surface area contributed by atoms with Crippen LogP contribution in [0.5, 0.6) is 0 Å². The van der Waals surface area contributed by atoms with Crippen LogP contribution in [0.15, 0.2) is 30.3 Å². The van der Waals surface area contributed by atoms with Gasteiger partial charge in [0, 0.05) is 23.7 Å². The molecule has 0 aliphatic rings. The summed E-state index contributed by atoms with van der Waals surface area (Å²) < 4.78 is 0. The lowest BCUT2D eigenvalue weighted by Gasteiger charge is -2.16. The van der Waals surface area contributed by atoms with Crippen molar-refractivity contribution in [1.29, 1.82) is 0 Å². The molecule has 0 aliphatic heterocycles. The number of anilines is 3. The molecule has 2 rings (SSSR count). The first-order valence-electron chi connectivity index (χ1n) is 8.17. The van der Waals surface area contributed by atoms with Gasteiger partial charge in [0.1, 0.15) is 0 Å². The molecular weight excluding hydrogens is 350 g/mol. The maximum Gasteiger partial charge on any atom is 0.266 e. The Hall–Kier alpha value is -2.67. The summed E-state index contributed by atoms with van der Waals surface area (Å²) in [5, 5.41) is 8.97. The van der Waals surface area contributed by atoms with Gasteiger partial charge in [-0.2, -0.15) is 0 Å². The van der Waals surface area contributed by atoms with E-state index in [0.717, 1.165) is 5.56 Å². The van der Waals surface area contributed by atoms with Crippen LogP contribution >= 0.6 is 11.3 Å². The molecule has 6 nitrogen and oxygen atoms in total. The minimum absolute atomic E-state index is 0.103. The Bertz CT molecular complexity index is 850. The van der Waals surface area contributed by atoms with Crippen LogP contribution in [-0.4, -0.2) is 17.7 Å². The summed E-state index contributed by atoms with van der Waals surface area (Å²) in [7, 11) is 0. The zero-order valence-electron chi connectivity index (χ0n) is 15.5. The molecule has 0 bridgehead atoms. The van der Waals surface area contributed by atoms with Gasteiger partial charge in [0.25, 0.3) is 5.91 Å². The smallest absolute Gasteiger partial charge is 0.266 e. The summed E-state index contributed by atoms with van der Waals surface area (Å²) in [6.07, 6.45) is 0. The number of thiophene rings is 1. The van der Waals surface area contributed by atoms with Crippen molar-refractivity contribution in [3.05, 3.63) is 40.8 Å². The topological polar surface area (TPSA) is 87.3 Å². The van der Waals surface area contributed by atoms with Crippen molar-refractivity contribution >= 4 is 45.4 Å². The van der Waals surface area contributed by atoms with E-state index in [-0.39, 0.29) is 17.7 Å². The summed E-state index contributed by atoms with van der Waals surface area (Å²) in [4.78, 5) is 36.3. The molecule has 3 N–H and O–H groups in total. The molecule has 3 amide bonds. The predicted molar refractivity (Wildman–Crippen MR) is 106 cm³/mol. The maximum atomic E-state index is 12.6. The van der Waals surface area contributed by atoms with Crippen molar-refractivity contribution in [3.8, 4) is 0 Å². The van der Waals surface area contributed by atoms with Gasteiger partial charge in [0.2, 0.25) is 11.8 Å². The van der Waals surface area contributed by atoms with Crippen molar-refractivity contribution < 1.29 is 14.4 Å². The monoisotopic (exact) mass is 373 g/mol. The number of carbonyl (C=O) groups excluding carboxylic acids is 3. The molecule has 0 spiro atoms. The van der Waals surface area contributed by atoms with E-state index in [1.165, 1.54) is 18.3 Å². The maximum absolute atomic E-state index is 12.6. The largest absolute Gasteiger partial charge is 0.326 e. The van der Waals surface area contributed by atoms with E-state index in [1.807, 2.05) is 27.7 Å². The molecule has 0 fully saturated rings. The fourth-order valence-corrected chi connectivity index (χ4v) is 3.10. The molecule has 1 heterocycles. The van der Waals surface area contributed by atoms with Crippen molar-refractivity contribution in [2.45, 2.75) is 34.6 Å². The molecule has 7 heteroatoms. The number of benzene rings is 1. The molecule has 0 aliphatic carbocycles. The highest BCUT2D eigenvalue weighted by molar-refractivity contribution is 7.18. The van der Waals surface area contributed by atoms with Crippen molar-refractivity contribution in [2.75, 3.05) is 16.0 Å². The Morgan fingerprint density at radius 2 is 1.58 bits per heavy atom. The van der Waals surface area contributed by atoms with Crippen molar-refractivity contribution in [2.24, 2.45) is 5.41 Å². The highest BCUT2D eigenvalue weighted by Crippen LogP contribution is 2.29. The Balaban J connectivity index is 2.13. The standard InChI is InChI=1S/C19H23N3O3S/c1-11-9-15(22-18(25)19(3,4)5)26-16(11)17(24)21-14-8-6-7-13(10-14)20-12(2)23/h6-10H,1-5H3,(H,20,23)(H,21,24)(H,22,25). The molecule has 2 aromatic rings. The van der Waals surface area contributed by atoms with Crippen LogP contribution in [0.4, 0.5) is 16.4 Å². The van der Waals surface area contributed by atoms with Gasteiger partial charge in [-0.15, -0.1) is 11.3 Å². The fraction of sp³-hybridized carbons (Fsp3) is 0.316. The number of hydrogen-bond donors (Lipinski definition) is 3. The first-order chi connectivity index (χ1) is 12.1. The molecule has 0 atom stereocenters. The molecule has 26 heavy (non-hydrogen) atoms. The SMILES string of the molecule is CC(=O)Nc1cccc(NC(=O)c2sc(NC(=O)C(C)(C)C)cc2C)c1. The van der Waals surface area contributed by atoms with Gasteiger partial charge >= 0.3 is 0 Å².